The molecule has 7 heteroatoms. The normalized spacial score (nSPS) is 20.0. The van der Waals surface area contributed by atoms with Gasteiger partial charge >= 0.3 is 0 Å². The van der Waals surface area contributed by atoms with Crippen molar-refractivity contribution in [2.75, 3.05) is 12.3 Å². The molecule has 0 spiro atoms. The van der Waals surface area contributed by atoms with Gasteiger partial charge in [0.25, 0.3) is 0 Å². The molecule has 0 aliphatic carbocycles. The van der Waals surface area contributed by atoms with E-state index in [4.69, 9.17) is 5.73 Å². The van der Waals surface area contributed by atoms with Crippen molar-refractivity contribution in [3.63, 3.8) is 0 Å². The number of nitrogen functional groups attached to an aromatic ring is 1. The van der Waals surface area contributed by atoms with Crippen LogP contribution in [0.15, 0.2) is 24.3 Å². The Kier molecular flexibility index (Phi) is 4.06. The summed E-state index contributed by atoms with van der Waals surface area (Å²) < 4.78 is 26.4. The number of hydrogen-bond acceptors (Lipinski definition) is 4. The van der Waals surface area contributed by atoms with E-state index >= 15 is 0 Å². The van der Waals surface area contributed by atoms with Gasteiger partial charge in [-0.3, -0.25) is 4.79 Å². The average molecular weight is 283 g/mol. The van der Waals surface area contributed by atoms with Crippen LogP contribution in [-0.4, -0.2) is 26.9 Å². The van der Waals surface area contributed by atoms with Gasteiger partial charge in [0.1, 0.15) is 6.04 Å². The van der Waals surface area contributed by atoms with E-state index in [2.05, 4.69) is 10.0 Å². The lowest BCUT2D eigenvalue weighted by Crippen LogP contribution is -2.50. The van der Waals surface area contributed by atoms with E-state index in [1.807, 2.05) is 0 Å². The molecular formula is C12H17N3O3S. The third kappa shape index (κ3) is 3.93. The van der Waals surface area contributed by atoms with E-state index in [9.17, 15) is 13.2 Å². The first-order valence-corrected chi connectivity index (χ1v) is 7.74. The molecule has 1 amide bonds. The fraction of sp³-hybridized carbons (Fsp3) is 0.417. The van der Waals surface area contributed by atoms with E-state index < -0.39 is 16.1 Å². The number of carbonyl (C=O) groups excluding carboxylic acids is 1. The minimum Gasteiger partial charge on any atom is -0.399 e. The smallest absolute Gasteiger partial charge is 0.238 e. The highest BCUT2D eigenvalue weighted by atomic mass is 32.2. The Balaban J connectivity index is 2.02. The van der Waals surface area contributed by atoms with Gasteiger partial charge in [-0.15, -0.1) is 0 Å². The third-order valence-corrected chi connectivity index (χ3v) is 4.30. The standard InChI is InChI=1S/C12H17N3O3S/c13-10-5-3-9(4-6-10)8-19(17,18)15-11-2-1-7-14-12(11)16/h3-6,11,15H,1-2,7-8,13H2,(H,14,16). The monoisotopic (exact) mass is 283 g/mol. The molecule has 0 radical (unpaired) electrons. The lowest BCUT2D eigenvalue weighted by atomic mass is 10.1. The number of rotatable bonds is 4. The maximum absolute atomic E-state index is 12.0. The summed E-state index contributed by atoms with van der Waals surface area (Å²) in [6.07, 6.45) is 1.31. The van der Waals surface area contributed by atoms with Gasteiger partial charge in [0.15, 0.2) is 0 Å². The highest BCUT2D eigenvalue weighted by Gasteiger charge is 2.26. The van der Waals surface area contributed by atoms with Gasteiger partial charge in [0, 0.05) is 12.2 Å². The van der Waals surface area contributed by atoms with Crippen LogP contribution in [0.4, 0.5) is 5.69 Å². The molecule has 1 aromatic carbocycles. The van der Waals surface area contributed by atoms with Crippen molar-refractivity contribution in [2.24, 2.45) is 0 Å². The number of carbonyl (C=O) groups is 1. The molecular weight excluding hydrogens is 266 g/mol. The van der Waals surface area contributed by atoms with Crippen LogP contribution in [0.2, 0.25) is 0 Å². The zero-order chi connectivity index (χ0) is 13.9. The van der Waals surface area contributed by atoms with Gasteiger partial charge in [-0.1, -0.05) is 12.1 Å². The van der Waals surface area contributed by atoms with E-state index in [0.29, 0.717) is 24.2 Å². The maximum Gasteiger partial charge on any atom is 0.238 e. The summed E-state index contributed by atoms with van der Waals surface area (Å²) in [6, 6.07) is 5.97. The van der Waals surface area contributed by atoms with Gasteiger partial charge < -0.3 is 11.1 Å². The molecule has 1 atom stereocenters. The molecule has 1 heterocycles. The van der Waals surface area contributed by atoms with Crippen molar-refractivity contribution >= 4 is 21.6 Å². The van der Waals surface area contributed by atoms with Crippen LogP contribution in [0.3, 0.4) is 0 Å². The predicted octanol–water partition coefficient (Wildman–Crippen LogP) is -0.0332. The number of anilines is 1. The first-order valence-electron chi connectivity index (χ1n) is 6.08. The third-order valence-electron chi connectivity index (χ3n) is 2.94. The summed E-state index contributed by atoms with van der Waals surface area (Å²) in [5.41, 5.74) is 6.76. The second-order valence-electron chi connectivity index (χ2n) is 4.60. The molecule has 0 saturated carbocycles. The van der Waals surface area contributed by atoms with Crippen LogP contribution in [0, 0.1) is 0 Å². The number of benzene rings is 1. The summed E-state index contributed by atoms with van der Waals surface area (Å²) in [5, 5.41) is 2.64. The van der Waals surface area contributed by atoms with Gasteiger partial charge in [0.2, 0.25) is 15.9 Å². The Labute approximate surface area is 112 Å². The molecule has 0 bridgehead atoms. The highest BCUT2D eigenvalue weighted by molar-refractivity contribution is 7.88. The van der Waals surface area contributed by atoms with Crippen molar-refractivity contribution < 1.29 is 13.2 Å². The molecule has 0 aromatic heterocycles. The number of piperidine rings is 1. The Bertz CT molecular complexity index is 554. The van der Waals surface area contributed by atoms with Gasteiger partial charge in [0.05, 0.1) is 5.75 Å². The van der Waals surface area contributed by atoms with Crippen LogP contribution in [0.1, 0.15) is 18.4 Å². The van der Waals surface area contributed by atoms with Crippen molar-refractivity contribution in [3.8, 4) is 0 Å². The van der Waals surface area contributed by atoms with E-state index in [0.717, 1.165) is 6.42 Å². The number of nitrogens with two attached hydrogens (primary N) is 1. The lowest BCUT2D eigenvalue weighted by Gasteiger charge is -2.22. The fourth-order valence-electron chi connectivity index (χ4n) is 1.98. The van der Waals surface area contributed by atoms with Crippen LogP contribution in [0.5, 0.6) is 0 Å². The van der Waals surface area contributed by atoms with Crippen molar-refractivity contribution in [3.05, 3.63) is 29.8 Å². The quantitative estimate of drug-likeness (QED) is 0.675. The van der Waals surface area contributed by atoms with Crippen molar-refractivity contribution in [1.29, 1.82) is 0 Å². The molecule has 2 rings (SSSR count). The Hall–Kier alpha value is -1.60. The number of amides is 1. The predicted molar refractivity (Wildman–Crippen MR) is 72.6 cm³/mol. The zero-order valence-corrected chi connectivity index (χ0v) is 11.2. The molecule has 1 aliphatic heterocycles. The molecule has 19 heavy (non-hydrogen) atoms. The molecule has 104 valence electrons. The maximum atomic E-state index is 12.0. The topological polar surface area (TPSA) is 101 Å². The second kappa shape index (κ2) is 5.58. The molecule has 4 N–H and O–H groups in total. The lowest BCUT2D eigenvalue weighted by molar-refractivity contribution is -0.124. The molecule has 6 nitrogen and oxygen atoms in total. The molecule has 1 fully saturated rings. The Morgan fingerprint density at radius 3 is 2.63 bits per heavy atom. The van der Waals surface area contributed by atoms with Crippen LogP contribution < -0.4 is 15.8 Å². The number of sulfonamides is 1. The Morgan fingerprint density at radius 1 is 1.32 bits per heavy atom. The highest BCUT2D eigenvalue weighted by Crippen LogP contribution is 2.11. The van der Waals surface area contributed by atoms with Crippen LogP contribution in [-0.2, 0) is 20.6 Å². The SMILES string of the molecule is Nc1ccc(CS(=O)(=O)NC2CCCNC2=O)cc1. The number of nitrogens with one attached hydrogen (secondary N) is 2. The molecule has 1 aromatic rings. The van der Waals surface area contributed by atoms with Crippen molar-refractivity contribution in [2.45, 2.75) is 24.6 Å². The largest absolute Gasteiger partial charge is 0.399 e. The molecule has 1 saturated heterocycles. The van der Waals surface area contributed by atoms with E-state index in [1.54, 1.807) is 24.3 Å². The summed E-state index contributed by atoms with van der Waals surface area (Å²) in [6.45, 7) is 0.606. The number of hydrogen-bond donors (Lipinski definition) is 3. The summed E-state index contributed by atoms with van der Waals surface area (Å²) >= 11 is 0. The van der Waals surface area contributed by atoms with Gasteiger partial charge in [-0.25, -0.2) is 13.1 Å². The summed E-state index contributed by atoms with van der Waals surface area (Å²) in [5.74, 6) is -0.413. The summed E-state index contributed by atoms with van der Waals surface area (Å²) in [4.78, 5) is 11.5. The van der Waals surface area contributed by atoms with Crippen molar-refractivity contribution in [1.82, 2.24) is 10.0 Å². The van der Waals surface area contributed by atoms with E-state index in [-0.39, 0.29) is 11.7 Å². The Morgan fingerprint density at radius 2 is 2.00 bits per heavy atom. The summed E-state index contributed by atoms with van der Waals surface area (Å²) in [7, 11) is -3.53. The average Bonchev–Trinajstić information content (AvgIpc) is 2.35. The zero-order valence-electron chi connectivity index (χ0n) is 10.4. The minimum atomic E-state index is -3.53. The van der Waals surface area contributed by atoms with Crippen LogP contribution in [0.25, 0.3) is 0 Å². The minimum absolute atomic E-state index is 0.156. The second-order valence-corrected chi connectivity index (χ2v) is 6.36. The first-order chi connectivity index (χ1) is 8.96. The first kappa shape index (κ1) is 13.8. The fourth-order valence-corrected chi connectivity index (χ4v) is 3.35. The van der Waals surface area contributed by atoms with Gasteiger partial charge in [-0.05, 0) is 30.5 Å². The molecule has 1 aliphatic rings. The van der Waals surface area contributed by atoms with E-state index in [1.165, 1.54) is 0 Å². The van der Waals surface area contributed by atoms with Crippen LogP contribution >= 0.6 is 0 Å². The van der Waals surface area contributed by atoms with Gasteiger partial charge in [-0.2, -0.15) is 0 Å². The molecule has 1 unspecified atom stereocenters.